The first-order valence-corrected chi connectivity index (χ1v) is 8.54. The summed E-state index contributed by atoms with van der Waals surface area (Å²) in [5, 5.41) is 0. The van der Waals surface area contributed by atoms with Crippen molar-refractivity contribution in [3.8, 4) is 0 Å². The molecule has 0 N–H and O–H groups in total. The van der Waals surface area contributed by atoms with Crippen LogP contribution in [0.15, 0.2) is 0 Å². The van der Waals surface area contributed by atoms with Crippen molar-refractivity contribution in [2.24, 2.45) is 5.92 Å². The predicted octanol–water partition coefficient (Wildman–Crippen LogP) is 4.17. The second kappa shape index (κ2) is 6.66. The van der Waals surface area contributed by atoms with Gasteiger partial charge in [0.05, 0.1) is 0 Å². The fourth-order valence-electron chi connectivity index (χ4n) is 3.58. The van der Waals surface area contributed by atoms with Gasteiger partial charge in [0.15, 0.2) is 0 Å². The van der Waals surface area contributed by atoms with E-state index in [4.69, 9.17) is 14.5 Å². The van der Waals surface area contributed by atoms with Crippen LogP contribution in [0.2, 0.25) is 0 Å². The van der Waals surface area contributed by atoms with Gasteiger partial charge in [0, 0.05) is 0 Å². The van der Waals surface area contributed by atoms with E-state index in [9.17, 15) is 4.79 Å². The topological polar surface area (TPSA) is 44.8 Å². The van der Waals surface area contributed by atoms with E-state index >= 15 is 0 Å². The van der Waals surface area contributed by atoms with E-state index in [0.29, 0.717) is 12.3 Å². The van der Waals surface area contributed by atoms with E-state index in [1.165, 1.54) is 19.3 Å². The lowest BCUT2D eigenvalue weighted by Gasteiger charge is -2.46. The van der Waals surface area contributed by atoms with Gasteiger partial charge in [-0.15, -0.1) is 0 Å². The third kappa shape index (κ3) is 3.26. The van der Waals surface area contributed by atoms with Crippen LogP contribution in [0.25, 0.3) is 0 Å². The van der Waals surface area contributed by atoms with E-state index in [2.05, 4.69) is 6.92 Å². The molecule has 1 aliphatic heterocycles. The molecule has 2 aliphatic rings. The van der Waals surface area contributed by atoms with Crippen LogP contribution in [0.1, 0.15) is 79.1 Å². The van der Waals surface area contributed by atoms with E-state index in [-0.39, 0.29) is 12.1 Å². The van der Waals surface area contributed by atoms with Gasteiger partial charge < -0.3 is 4.74 Å². The summed E-state index contributed by atoms with van der Waals surface area (Å²) in [4.78, 5) is 23.1. The average Bonchev–Trinajstić information content (AvgIpc) is 2.45. The summed E-state index contributed by atoms with van der Waals surface area (Å²) in [6, 6.07) is 0. The lowest BCUT2D eigenvalue weighted by atomic mass is 9.78. The predicted molar refractivity (Wildman–Crippen MR) is 80.6 cm³/mol. The molecule has 0 aromatic rings. The molecule has 4 nitrogen and oxygen atoms in total. The van der Waals surface area contributed by atoms with Gasteiger partial charge in [-0.25, -0.2) is 14.6 Å². The maximum absolute atomic E-state index is 12.7. The molecule has 2 fully saturated rings. The molecule has 0 bridgehead atoms. The summed E-state index contributed by atoms with van der Waals surface area (Å²) < 4.78 is 5.91. The van der Waals surface area contributed by atoms with E-state index < -0.39 is 11.2 Å². The van der Waals surface area contributed by atoms with Gasteiger partial charge in [-0.3, -0.25) is 0 Å². The van der Waals surface area contributed by atoms with Crippen molar-refractivity contribution in [3.63, 3.8) is 0 Å². The van der Waals surface area contributed by atoms with Gasteiger partial charge in [0.25, 0.3) is 0 Å². The monoisotopic (exact) mass is 298 g/mol. The molecule has 4 heteroatoms. The summed E-state index contributed by atoms with van der Waals surface area (Å²) >= 11 is 0. The lowest BCUT2D eigenvalue weighted by molar-refractivity contribution is -0.499. The molecule has 122 valence electrons. The number of hydrogen-bond donors (Lipinski definition) is 0. The van der Waals surface area contributed by atoms with E-state index in [0.717, 1.165) is 25.7 Å². The summed E-state index contributed by atoms with van der Waals surface area (Å²) in [7, 11) is 0. The van der Waals surface area contributed by atoms with Gasteiger partial charge in [0.1, 0.15) is 11.7 Å². The molecule has 0 aromatic heterocycles. The Labute approximate surface area is 128 Å². The number of hydrogen-bond acceptors (Lipinski definition) is 4. The van der Waals surface area contributed by atoms with Crippen molar-refractivity contribution < 1.29 is 19.3 Å². The largest absolute Gasteiger partial charge is 0.457 e. The molecule has 0 amide bonds. The first-order valence-electron chi connectivity index (χ1n) is 8.54. The molecular formula is C17H30O4. The number of ether oxygens (including phenoxy) is 1. The maximum Gasteiger partial charge on any atom is 0.345 e. The van der Waals surface area contributed by atoms with Crippen LogP contribution in [0, 0.1) is 5.92 Å². The number of esters is 1. The zero-order valence-electron chi connectivity index (χ0n) is 13.9. The highest BCUT2D eigenvalue weighted by atomic mass is 17.3. The Bertz CT molecular complexity index is 356. The van der Waals surface area contributed by atoms with Crippen LogP contribution in [-0.4, -0.2) is 23.3 Å². The van der Waals surface area contributed by atoms with Crippen molar-refractivity contribution >= 4 is 5.97 Å². The Morgan fingerprint density at radius 2 is 1.90 bits per heavy atom. The molecule has 0 spiro atoms. The van der Waals surface area contributed by atoms with Crippen LogP contribution in [0.3, 0.4) is 0 Å². The van der Waals surface area contributed by atoms with Crippen LogP contribution in [0.4, 0.5) is 0 Å². The van der Waals surface area contributed by atoms with Crippen molar-refractivity contribution in [3.05, 3.63) is 0 Å². The zero-order chi connectivity index (χ0) is 15.5. The molecule has 2 unspecified atom stereocenters. The van der Waals surface area contributed by atoms with E-state index in [1.54, 1.807) is 0 Å². The zero-order valence-corrected chi connectivity index (χ0v) is 13.9. The van der Waals surface area contributed by atoms with Crippen molar-refractivity contribution in [2.75, 3.05) is 0 Å². The smallest absolute Gasteiger partial charge is 0.345 e. The molecule has 1 aliphatic carbocycles. The van der Waals surface area contributed by atoms with Crippen LogP contribution in [0.5, 0.6) is 0 Å². The Balaban J connectivity index is 2.01. The molecule has 1 saturated heterocycles. The Hall–Kier alpha value is -0.610. The molecule has 1 saturated carbocycles. The first-order chi connectivity index (χ1) is 9.96. The number of carbonyl (C=O) groups excluding carboxylic acids is 1. The van der Waals surface area contributed by atoms with Crippen LogP contribution >= 0.6 is 0 Å². The minimum absolute atomic E-state index is 0.165. The summed E-state index contributed by atoms with van der Waals surface area (Å²) in [5.74, 6) is 0.208. The normalized spacial score (nSPS) is 30.8. The quantitative estimate of drug-likeness (QED) is 0.545. The highest BCUT2D eigenvalue weighted by Crippen LogP contribution is 2.41. The second-order valence-corrected chi connectivity index (χ2v) is 7.03. The first kappa shape index (κ1) is 16.8. The molecule has 2 rings (SSSR count). The van der Waals surface area contributed by atoms with Crippen molar-refractivity contribution in [1.82, 2.24) is 0 Å². The van der Waals surface area contributed by atoms with Gasteiger partial charge in [-0.2, -0.15) is 0 Å². The minimum Gasteiger partial charge on any atom is -0.457 e. The fraction of sp³-hybridized carbons (Fsp3) is 0.941. The summed E-state index contributed by atoms with van der Waals surface area (Å²) in [6.45, 7) is 8.12. The minimum atomic E-state index is -0.887. The fourth-order valence-corrected chi connectivity index (χ4v) is 3.58. The van der Waals surface area contributed by atoms with Gasteiger partial charge >= 0.3 is 5.97 Å². The Kier molecular flexibility index (Phi) is 5.31. The molecule has 21 heavy (non-hydrogen) atoms. The maximum atomic E-state index is 12.7. The van der Waals surface area contributed by atoms with Crippen LogP contribution in [-0.2, 0) is 19.3 Å². The van der Waals surface area contributed by atoms with Crippen molar-refractivity contribution in [1.29, 1.82) is 0 Å². The summed E-state index contributed by atoms with van der Waals surface area (Å²) in [5.41, 5.74) is -1.31. The molecule has 1 heterocycles. The number of carbonyl (C=O) groups is 1. The number of rotatable bonds is 6. The van der Waals surface area contributed by atoms with Gasteiger partial charge in [0.2, 0.25) is 5.60 Å². The highest BCUT2D eigenvalue weighted by Gasteiger charge is 2.58. The third-order valence-corrected chi connectivity index (χ3v) is 5.20. The van der Waals surface area contributed by atoms with Crippen molar-refractivity contribution in [2.45, 2.75) is 96.4 Å². The van der Waals surface area contributed by atoms with Gasteiger partial charge in [-0.1, -0.05) is 39.5 Å². The van der Waals surface area contributed by atoms with Gasteiger partial charge in [-0.05, 0) is 45.4 Å². The summed E-state index contributed by atoms with van der Waals surface area (Å²) in [6.07, 6.45) is 8.30. The second-order valence-electron chi connectivity index (χ2n) is 7.03. The third-order valence-electron chi connectivity index (χ3n) is 5.20. The standard InChI is InChI=1S/C17H30O4/c1-5-10-14-17(6-2,21-20-14)15(18)19-16(3,4)13-11-8-7-9-12-13/h13-14H,5-12H2,1-4H3. The molecule has 0 aromatic carbocycles. The SMILES string of the molecule is CCCC1OOC1(CC)C(=O)OC(C)(C)C1CCCCC1. The van der Waals surface area contributed by atoms with E-state index in [1.807, 2.05) is 20.8 Å². The Morgan fingerprint density at radius 1 is 1.24 bits per heavy atom. The van der Waals surface area contributed by atoms with Crippen LogP contribution < -0.4 is 0 Å². The lowest BCUT2D eigenvalue weighted by Crippen LogP contribution is -2.63. The average molecular weight is 298 g/mol. The molecule has 0 radical (unpaired) electrons. The Morgan fingerprint density at radius 3 is 2.38 bits per heavy atom. The molecule has 2 atom stereocenters. The highest BCUT2D eigenvalue weighted by molar-refractivity contribution is 5.81. The molecular weight excluding hydrogens is 268 g/mol.